The molecule has 0 aliphatic carbocycles. The topological polar surface area (TPSA) is 50.5 Å². The first-order valence-corrected chi connectivity index (χ1v) is 8.85. The number of rotatable bonds is 4. The predicted molar refractivity (Wildman–Crippen MR) is 92.3 cm³/mol. The number of aliphatic hydroxyl groups excluding tert-OH is 1. The molecule has 2 aromatic rings. The molecule has 1 aromatic heterocycles. The van der Waals surface area contributed by atoms with E-state index in [1.807, 2.05) is 23.0 Å². The largest absolute Gasteiger partial charge is 0.497 e. The molecule has 128 valence electrons. The van der Waals surface area contributed by atoms with Crippen molar-refractivity contribution in [3.05, 3.63) is 42.2 Å². The second kappa shape index (κ2) is 6.57. The van der Waals surface area contributed by atoms with Crippen LogP contribution in [0.3, 0.4) is 0 Å². The van der Waals surface area contributed by atoms with Crippen molar-refractivity contribution in [1.29, 1.82) is 0 Å². The van der Waals surface area contributed by atoms with Crippen LogP contribution in [0, 0.1) is 0 Å². The van der Waals surface area contributed by atoms with Crippen LogP contribution in [0.5, 0.6) is 5.75 Å². The van der Waals surface area contributed by atoms with Crippen LogP contribution in [-0.2, 0) is 6.54 Å². The number of nitrogens with zero attached hydrogens (tertiary/aromatic N) is 3. The maximum atomic E-state index is 10.1. The third kappa shape index (κ3) is 2.94. The van der Waals surface area contributed by atoms with Gasteiger partial charge in [0.15, 0.2) is 0 Å². The summed E-state index contributed by atoms with van der Waals surface area (Å²) < 4.78 is 7.36. The summed E-state index contributed by atoms with van der Waals surface area (Å²) in [7, 11) is 1.71. The minimum atomic E-state index is -0.132. The van der Waals surface area contributed by atoms with Gasteiger partial charge in [-0.2, -0.15) is 5.10 Å². The van der Waals surface area contributed by atoms with Crippen molar-refractivity contribution in [1.82, 2.24) is 14.7 Å². The molecular formula is C19H25N3O2. The number of ether oxygens (including phenoxy) is 1. The molecule has 0 saturated carbocycles. The molecule has 24 heavy (non-hydrogen) atoms. The minimum Gasteiger partial charge on any atom is -0.497 e. The number of fused-ring (bicyclic) bond motifs is 2. The third-order valence-corrected chi connectivity index (χ3v) is 5.49. The highest BCUT2D eigenvalue weighted by Gasteiger charge is 2.37. The van der Waals surface area contributed by atoms with Gasteiger partial charge >= 0.3 is 0 Å². The Bertz CT molecular complexity index is 672. The van der Waals surface area contributed by atoms with Crippen LogP contribution in [0.4, 0.5) is 0 Å². The van der Waals surface area contributed by atoms with E-state index in [1.54, 1.807) is 13.3 Å². The Morgan fingerprint density at radius 2 is 2.04 bits per heavy atom. The van der Waals surface area contributed by atoms with Crippen LogP contribution in [0.15, 0.2) is 36.7 Å². The van der Waals surface area contributed by atoms with Crippen LogP contribution in [0.2, 0.25) is 0 Å². The van der Waals surface area contributed by atoms with Crippen molar-refractivity contribution in [3.8, 4) is 11.4 Å². The van der Waals surface area contributed by atoms with Gasteiger partial charge in [-0.15, -0.1) is 0 Å². The van der Waals surface area contributed by atoms with Gasteiger partial charge in [-0.3, -0.25) is 4.90 Å². The summed E-state index contributed by atoms with van der Waals surface area (Å²) in [4.78, 5) is 2.60. The quantitative estimate of drug-likeness (QED) is 0.938. The van der Waals surface area contributed by atoms with Crippen molar-refractivity contribution < 1.29 is 9.84 Å². The molecule has 1 aromatic carbocycles. The van der Waals surface area contributed by atoms with Crippen LogP contribution in [0.25, 0.3) is 5.69 Å². The van der Waals surface area contributed by atoms with E-state index < -0.39 is 0 Å². The van der Waals surface area contributed by atoms with Crippen LogP contribution in [0.1, 0.15) is 37.7 Å². The van der Waals surface area contributed by atoms with Gasteiger partial charge in [-0.1, -0.05) is 6.42 Å². The summed E-state index contributed by atoms with van der Waals surface area (Å²) in [6, 6.07) is 9.11. The molecular weight excluding hydrogens is 302 g/mol. The smallest absolute Gasteiger partial charge is 0.119 e. The van der Waals surface area contributed by atoms with E-state index in [-0.39, 0.29) is 6.10 Å². The lowest BCUT2D eigenvalue weighted by molar-refractivity contribution is -0.0312. The number of aromatic nitrogens is 2. The molecule has 4 rings (SSSR count). The second-order valence-corrected chi connectivity index (χ2v) is 6.98. The summed E-state index contributed by atoms with van der Waals surface area (Å²) in [6.07, 6.45) is 9.11. The number of hydrogen-bond acceptors (Lipinski definition) is 4. The molecule has 1 N–H and O–H groups in total. The fraction of sp³-hybridized carbons (Fsp3) is 0.526. The summed E-state index contributed by atoms with van der Waals surface area (Å²) in [6.45, 7) is 0.883. The zero-order valence-corrected chi connectivity index (χ0v) is 14.1. The zero-order chi connectivity index (χ0) is 16.5. The molecule has 5 heteroatoms. The Labute approximate surface area is 142 Å². The van der Waals surface area contributed by atoms with E-state index in [4.69, 9.17) is 4.74 Å². The Hall–Kier alpha value is -1.85. The number of benzene rings is 1. The molecule has 1 unspecified atom stereocenters. The Morgan fingerprint density at radius 1 is 1.25 bits per heavy atom. The normalized spacial score (nSPS) is 27.2. The molecule has 0 spiro atoms. The second-order valence-electron chi connectivity index (χ2n) is 6.98. The van der Waals surface area contributed by atoms with E-state index in [0.717, 1.165) is 30.8 Å². The van der Waals surface area contributed by atoms with Gasteiger partial charge in [0.05, 0.1) is 18.9 Å². The lowest BCUT2D eigenvalue weighted by Gasteiger charge is -2.48. The standard InChI is InChI=1S/C19H25N3O2/c1-24-18-6-7-19(22-9-3-8-20-22)14(10-18)13-21-15-4-2-5-16(21)12-17(23)11-15/h3,6-10,15-17,23H,2,4-5,11-13H2,1H3/t15-,16+,17?. The maximum Gasteiger partial charge on any atom is 0.119 e. The molecule has 2 aliphatic rings. The highest BCUT2D eigenvalue weighted by molar-refractivity contribution is 5.45. The molecule has 5 nitrogen and oxygen atoms in total. The monoisotopic (exact) mass is 327 g/mol. The van der Waals surface area contributed by atoms with Gasteiger partial charge in [0.25, 0.3) is 0 Å². The molecule has 0 amide bonds. The minimum absolute atomic E-state index is 0.132. The van der Waals surface area contributed by atoms with Crippen molar-refractivity contribution >= 4 is 0 Å². The number of methoxy groups -OCH3 is 1. The number of piperidine rings is 2. The van der Waals surface area contributed by atoms with E-state index >= 15 is 0 Å². The van der Waals surface area contributed by atoms with Crippen LogP contribution < -0.4 is 4.74 Å². The van der Waals surface area contributed by atoms with Crippen molar-refractivity contribution in [2.45, 2.75) is 56.8 Å². The van der Waals surface area contributed by atoms with E-state index in [9.17, 15) is 5.11 Å². The first-order chi connectivity index (χ1) is 11.7. The van der Waals surface area contributed by atoms with Crippen molar-refractivity contribution in [2.75, 3.05) is 7.11 Å². The van der Waals surface area contributed by atoms with Crippen molar-refractivity contribution in [2.24, 2.45) is 0 Å². The predicted octanol–water partition coefficient (Wildman–Crippen LogP) is 2.76. The van der Waals surface area contributed by atoms with Gasteiger partial charge in [-0.25, -0.2) is 4.68 Å². The number of aliphatic hydroxyl groups is 1. The molecule has 2 saturated heterocycles. The Kier molecular flexibility index (Phi) is 4.29. The highest BCUT2D eigenvalue weighted by atomic mass is 16.5. The average molecular weight is 327 g/mol. The molecule has 2 fully saturated rings. The van der Waals surface area contributed by atoms with Gasteiger partial charge in [0.2, 0.25) is 0 Å². The highest BCUT2D eigenvalue weighted by Crippen LogP contribution is 2.36. The Balaban J connectivity index is 1.66. The van der Waals surface area contributed by atoms with Crippen LogP contribution >= 0.6 is 0 Å². The van der Waals surface area contributed by atoms with Gasteiger partial charge in [0.1, 0.15) is 5.75 Å². The lowest BCUT2D eigenvalue weighted by atomic mass is 9.82. The van der Waals surface area contributed by atoms with E-state index in [2.05, 4.69) is 22.1 Å². The summed E-state index contributed by atoms with van der Waals surface area (Å²) >= 11 is 0. The molecule has 3 atom stereocenters. The summed E-state index contributed by atoms with van der Waals surface area (Å²) in [5.74, 6) is 0.878. The lowest BCUT2D eigenvalue weighted by Crippen LogP contribution is -2.52. The maximum absolute atomic E-state index is 10.1. The molecule has 0 radical (unpaired) electrons. The first-order valence-electron chi connectivity index (χ1n) is 8.85. The first kappa shape index (κ1) is 15.7. The van der Waals surface area contributed by atoms with Gasteiger partial charge < -0.3 is 9.84 Å². The summed E-state index contributed by atoms with van der Waals surface area (Å²) in [5, 5.41) is 14.5. The Morgan fingerprint density at radius 3 is 2.71 bits per heavy atom. The summed E-state index contributed by atoms with van der Waals surface area (Å²) in [5.41, 5.74) is 2.33. The zero-order valence-electron chi connectivity index (χ0n) is 14.1. The number of hydrogen-bond donors (Lipinski definition) is 1. The fourth-order valence-corrected chi connectivity index (χ4v) is 4.35. The molecule has 3 heterocycles. The molecule has 2 bridgehead atoms. The van der Waals surface area contributed by atoms with Crippen LogP contribution in [-0.4, -0.2) is 45.1 Å². The third-order valence-electron chi connectivity index (χ3n) is 5.49. The SMILES string of the molecule is COc1ccc(-n2cccn2)c(CN2[C@@H]3CCC[C@H]2CC(O)C3)c1. The van der Waals surface area contributed by atoms with E-state index in [0.29, 0.717) is 12.1 Å². The average Bonchev–Trinajstić information content (AvgIpc) is 3.10. The van der Waals surface area contributed by atoms with Gasteiger partial charge in [0, 0.05) is 31.0 Å². The molecule has 2 aliphatic heterocycles. The van der Waals surface area contributed by atoms with E-state index in [1.165, 1.54) is 24.8 Å². The fourth-order valence-electron chi connectivity index (χ4n) is 4.35. The van der Waals surface area contributed by atoms with Gasteiger partial charge in [-0.05, 0) is 55.5 Å². The van der Waals surface area contributed by atoms with Crippen molar-refractivity contribution in [3.63, 3.8) is 0 Å².